The van der Waals surface area contributed by atoms with Gasteiger partial charge in [0.15, 0.2) is 5.76 Å². The predicted octanol–water partition coefficient (Wildman–Crippen LogP) is 0.728. The molecule has 0 aliphatic carbocycles. The first-order chi connectivity index (χ1) is 4.97. The molecular weight excluding hydrogens is 128 g/mol. The Hall–Kier alpha value is -1.22. The Morgan fingerprint density at radius 2 is 2.50 bits per heavy atom. The molecule has 3 heteroatoms. The van der Waals surface area contributed by atoms with Crippen LogP contribution in [-0.2, 0) is 0 Å². The van der Waals surface area contributed by atoms with Crippen LogP contribution in [0.25, 0.3) is 5.70 Å². The fraction of sp³-hybridized carbons (Fsp3) is 0.143. The van der Waals surface area contributed by atoms with Crippen molar-refractivity contribution in [3.05, 3.63) is 30.2 Å². The number of furan rings is 1. The topological polar surface area (TPSA) is 37.2 Å². The zero-order valence-electron chi connectivity index (χ0n) is 5.42. The molecule has 2 rings (SSSR count). The van der Waals surface area contributed by atoms with E-state index in [1.807, 2.05) is 18.2 Å². The summed E-state index contributed by atoms with van der Waals surface area (Å²) in [5.74, 6) is 0.880. The summed E-state index contributed by atoms with van der Waals surface area (Å²) in [6.45, 7) is 0.857. The largest absolute Gasteiger partial charge is 0.463 e. The summed E-state index contributed by atoms with van der Waals surface area (Å²) in [4.78, 5) is 0. The first-order valence-electron chi connectivity index (χ1n) is 3.20. The van der Waals surface area contributed by atoms with Gasteiger partial charge in [-0.2, -0.15) is 0 Å². The molecule has 0 bridgehead atoms. The zero-order chi connectivity index (χ0) is 6.81. The second-order valence-corrected chi connectivity index (χ2v) is 2.10. The van der Waals surface area contributed by atoms with E-state index in [1.54, 1.807) is 6.26 Å². The van der Waals surface area contributed by atoms with Crippen LogP contribution in [-0.4, -0.2) is 6.54 Å². The smallest absolute Gasteiger partial charge is 0.150 e. The summed E-state index contributed by atoms with van der Waals surface area (Å²) in [6.07, 6.45) is 3.70. The van der Waals surface area contributed by atoms with Crippen LogP contribution >= 0.6 is 0 Å². The second kappa shape index (κ2) is 2.19. The van der Waals surface area contributed by atoms with Crippen LogP contribution in [0.4, 0.5) is 0 Å². The van der Waals surface area contributed by atoms with Gasteiger partial charge in [0.1, 0.15) is 0 Å². The number of hydrogen-bond acceptors (Lipinski definition) is 3. The first-order valence-corrected chi connectivity index (χ1v) is 3.20. The van der Waals surface area contributed by atoms with Crippen molar-refractivity contribution in [1.82, 2.24) is 10.9 Å². The van der Waals surface area contributed by atoms with Crippen molar-refractivity contribution in [3.63, 3.8) is 0 Å². The number of nitrogens with one attached hydrogen (secondary N) is 2. The molecule has 0 saturated carbocycles. The van der Waals surface area contributed by atoms with Gasteiger partial charge >= 0.3 is 0 Å². The highest BCUT2D eigenvalue weighted by Crippen LogP contribution is 2.12. The molecule has 0 fully saturated rings. The highest BCUT2D eigenvalue weighted by Gasteiger charge is 2.06. The third-order valence-electron chi connectivity index (χ3n) is 1.42. The average Bonchev–Trinajstić information content (AvgIpc) is 2.59. The quantitative estimate of drug-likeness (QED) is 0.597. The second-order valence-electron chi connectivity index (χ2n) is 2.10. The van der Waals surface area contributed by atoms with Crippen molar-refractivity contribution in [1.29, 1.82) is 0 Å². The van der Waals surface area contributed by atoms with Gasteiger partial charge in [0.2, 0.25) is 0 Å². The minimum absolute atomic E-state index is 0.857. The van der Waals surface area contributed by atoms with Crippen LogP contribution in [0, 0.1) is 0 Å². The lowest BCUT2D eigenvalue weighted by molar-refractivity contribution is 0.545. The number of hydrogen-bond donors (Lipinski definition) is 2. The van der Waals surface area contributed by atoms with Gasteiger partial charge in [0.05, 0.1) is 12.0 Å². The third kappa shape index (κ3) is 0.804. The molecule has 3 nitrogen and oxygen atoms in total. The fourth-order valence-corrected chi connectivity index (χ4v) is 0.944. The predicted molar refractivity (Wildman–Crippen MR) is 37.8 cm³/mol. The molecule has 2 heterocycles. The molecule has 0 atom stereocenters. The maximum atomic E-state index is 5.15. The van der Waals surface area contributed by atoms with E-state index in [2.05, 4.69) is 10.9 Å². The zero-order valence-corrected chi connectivity index (χ0v) is 5.42. The van der Waals surface area contributed by atoms with Crippen LogP contribution in [0.2, 0.25) is 0 Å². The standard InChI is InChI=1S/C7H8N2O/c1-2-7(10-5-1)6-3-4-8-9-6/h1-3,5,8-9H,4H2. The minimum Gasteiger partial charge on any atom is -0.463 e. The molecule has 0 saturated heterocycles. The van der Waals surface area contributed by atoms with Gasteiger partial charge in [-0.1, -0.05) is 0 Å². The number of rotatable bonds is 1. The summed E-state index contributed by atoms with van der Waals surface area (Å²) in [5.41, 5.74) is 6.95. The van der Waals surface area contributed by atoms with E-state index in [9.17, 15) is 0 Å². The molecule has 0 aromatic carbocycles. The number of hydrazine groups is 1. The molecule has 1 aromatic rings. The van der Waals surface area contributed by atoms with E-state index in [4.69, 9.17) is 4.42 Å². The van der Waals surface area contributed by atoms with Crippen LogP contribution in [0.5, 0.6) is 0 Å². The highest BCUT2D eigenvalue weighted by molar-refractivity contribution is 5.60. The van der Waals surface area contributed by atoms with Crippen molar-refractivity contribution < 1.29 is 4.42 Å². The molecule has 1 aliphatic rings. The third-order valence-corrected chi connectivity index (χ3v) is 1.42. The van der Waals surface area contributed by atoms with Gasteiger partial charge in [0.25, 0.3) is 0 Å². The lowest BCUT2D eigenvalue weighted by Gasteiger charge is -1.97. The van der Waals surface area contributed by atoms with Crippen molar-refractivity contribution in [2.75, 3.05) is 6.54 Å². The first kappa shape index (κ1) is 5.56. The van der Waals surface area contributed by atoms with Gasteiger partial charge in [-0.3, -0.25) is 0 Å². The lowest BCUT2D eigenvalue weighted by atomic mass is 10.3. The molecule has 1 aromatic heterocycles. The Balaban J connectivity index is 2.28. The van der Waals surface area contributed by atoms with Crippen LogP contribution < -0.4 is 10.9 Å². The Labute approximate surface area is 58.7 Å². The molecular formula is C7H8N2O. The van der Waals surface area contributed by atoms with E-state index in [0.717, 1.165) is 18.0 Å². The molecule has 1 aliphatic heterocycles. The van der Waals surface area contributed by atoms with Gasteiger partial charge in [-0.25, -0.2) is 5.43 Å². The molecule has 0 unspecified atom stereocenters. The van der Waals surface area contributed by atoms with Crippen molar-refractivity contribution >= 4 is 5.70 Å². The van der Waals surface area contributed by atoms with Crippen molar-refractivity contribution in [3.8, 4) is 0 Å². The average molecular weight is 136 g/mol. The normalized spacial score (nSPS) is 16.6. The van der Waals surface area contributed by atoms with Crippen molar-refractivity contribution in [2.24, 2.45) is 0 Å². The monoisotopic (exact) mass is 136 g/mol. The SMILES string of the molecule is C1=C(c2ccco2)NNC1. The summed E-state index contributed by atoms with van der Waals surface area (Å²) in [6, 6.07) is 3.79. The van der Waals surface area contributed by atoms with Gasteiger partial charge < -0.3 is 9.84 Å². The van der Waals surface area contributed by atoms with Crippen molar-refractivity contribution in [2.45, 2.75) is 0 Å². The molecule has 0 spiro atoms. The fourth-order valence-electron chi connectivity index (χ4n) is 0.944. The van der Waals surface area contributed by atoms with E-state index in [0.29, 0.717) is 0 Å². The summed E-state index contributed by atoms with van der Waals surface area (Å²) in [7, 11) is 0. The lowest BCUT2D eigenvalue weighted by Crippen LogP contribution is -2.22. The highest BCUT2D eigenvalue weighted by atomic mass is 16.3. The minimum atomic E-state index is 0.857. The summed E-state index contributed by atoms with van der Waals surface area (Å²) in [5, 5.41) is 0. The Morgan fingerprint density at radius 1 is 1.50 bits per heavy atom. The maximum absolute atomic E-state index is 5.15. The summed E-state index contributed by atoms with van der Waals surface area (Å²) < 4.78 is 5.15. The van der Waals surface area contributed by atoms with E-state index < -0.39 is 0 Å². The van der Waals surface area contributed by atoms with E-state index in [1.165, 1.54) is 0 Å². The Kier molecular flexibility index (Phi) is 1.22. The molecule has 0 amide bonds. The van der Waals surface area contributed by atoms with E-state index in [-0.39, 0.29) is 0 Å². The molecule has 52 valence electrons. The van der Waals surface area contributed by atoms with Crippen LogP contribution in [0.3, 0.4) is 0 Å². The summed E-state index contributed by atoms with van der Waals surface area (Å²) >= 11 is 0. The van der Waals surface area contributed by atoms with Gasteiger partial charge in [-0.15, -0.1) is 0 Å². The molecule has 10 heavy (non-hydrogen) atoms. The van der Waals surface area contributed by atoms with Crippen LogP contribution in [0.1, 0.15) is 5.76 Å². The van der Waals surface area contributed by atoms with E-state index >= 15 is 0 Å². The molecule has 2 N–H and O–H groups in total. The maximum Gasteiger partial charge on any atom is 0.150 e. The Morgan fingerprint density at radius 3 is 3.10 bits per heavy atom. The van der Waals surface area contributed by atoms with Crippen LogP contribution in [0.15, 0.2) is 28.9 Å². The van der Waals surface area contributed by atoms with Gasteiger partial charge in [-0.05, 0) is 18.2 Å². The Bertz CT molecular complexity index is 238. The van der Waals surface area contributed by atoms with Gasteiger partial charge in [0, 0.05) is 6.54 Å². The molecule has 0 radical (unpaired) electrons.